The van der Waals surface area contributed by atoms with Crippen molar-refractivity contribution in [3.05, 3.63) is 41.7 Å². The number of aromatic nitrogens is 3. The number of alkyl halides is 3. The van der Waals surface area contributed by atoms with E-state index in [0.717, 1.165) is 31.5 Å². The van der Waals surface area contributed by atoms with Gasteiger partial charge in [0.05, 0.1) is 17.6 Å². The van der Waals surface area contributed by atoms with Gasteiger partial charge in [-0.2, -0.15) is 4.90 Å². The number of hydrogen-bond acceptors (Lipinski definition) is 11. The summed E-state index contributed by atoms with van der Waals surface area (Å²) in [5.41, 5.74) is -5.39. The molecule has 12 nitrogen and oxygen atoms in total. The number of nitrogens with one attached hydrogen (secondary N) is 1. The Balaban J connectivity index is 2.07. The van der Waals surface area contributed by atoms with Crippen LogP contribution in [0, 0.1) is 5.82 Å². The van der Waals surface area contributed by atoms with Crippen LogP contribution in [0.25, 0.3) is 0 Å². The number of hydrogen-bond donors (Lipinski definition) is 1. The van der Waals surface area contributed by atoms with E-state index in [1.807, 2.05) is 0 Å². The zero-order valence-corrected chi connectivity index (χ0v) is 25.8. The number of thioether (sulfide) groups is 1. The summed E-state index contributed by atoms with van der Waals surface area (Å²) in [6.07, 6.45) is -2.71. The molecule has 1 aliphatic rings. The monoisotopic (exact) mass is 644 g/mol. The van der Waals surface area contributed by atoms with Crippen LogP contribution >= 0.6 is 11.8 Å². The van der Waals surface area contributed by atoms with Crippen LogP contribution in [0.1, 0.15) is 64.6 Å². The summed E-state index contributed by atoms with van der Waals surface area (Å²) in [6, 6.07) is 1.95. The minimum atomic E-state index is -2.31. The number of halogens is 4. The molecule has 3 amide bonds. The van der Waals surface area contributed by atoms with Crippen molar-refractivity contribution in [1.82, 2.24) is 19.9 Å². The number of aliphatic imine (C=N–C) groups is 1. The van der Waals surface area contributed by atoms with Gasteiger partial charge in [-0.25, -0.2) is 47.1 Å². The van der Waals surface area contributed by atoms with Crippen molar-refractivity contribution in [1.29, 1.82) is 0 Å². The number of pyridine rings is 1. The number of rotatable bonds is 6. The van der Waals surface area contributed by atoms with E-state index in [2.05, 4.69) is 30.0 Å². The van der Waals surface area contributed by atoms with Gasteiger partial charge in [0.1, 0.15) is 52.6 Å². The average Bonchev–Trinajstić information content (AvgIpc) is 2.90. The molecule has 2 aromatic rings. The van der Waals surface area contributed by atoms with Crippen molar-refractivity contribution in [2.75, 3.05) is 18.9 Å². The molecule has 240 valence electrons. The van der Waals surface area contributed by atoms with Gasteiger partial charge in [-0.3, -0.25) is 4.79 Å². The molecule has 2 aromatic heterocycles. The molecule has 3 atom stereocenters. The maximum Gasteiger partial charge on any atom is 0.426 e. The summed E-state index contributed by atoms with van der Waals surface area (Å²) in [5.74, 6) is -2.38. The summed E-state index contributed by atoms with van der Waals surface area (Å²) in [6.45, 7) is 7.89. The smallest absolute Gasteiger partial charge is 0.426 e. The van der Waals surface area contributed by atoms with Gasteiger partial charge in [0.25, 0.3) is 5.91 Å². The quantitative estimate of drug-likeness (QED) is 0.387. The van der Waals surface area contributed by atoms with Crippen LogP contribution in [-0.2, 0) is 15.0 Å². The van der Waals surface area contributed by atoms with Gasteiger partial charge in [-0.1, -0.05) is 11.8 Å². The summed E-state index contributed by atoms with van der Waals surface area (Å²) >= 11 is 0.431. The first-order valence-electron chi connectivity index (χ1n) is 13.1. The largest absolute Gasteiger partial charge is 0.445 e. The van der Waals surface area contributed by atoms with E-state index >= 15 is 8.78 Å². The van der Waals surface area contributed by atoms with Crippen LogP contribution < -0.4 is 10.1 Å². The number of carbonyl (C=O) groups is 3. The highest BCUT2D eigenvalue weighted by atomic mass is 32.2. The maximum atomic E-state index is 15.9. The fourth-order valence-corrected chi connectivity index (χ4v) is 4.91. The van der Waals surface area contributed by atoms with Gasteiger partial charge in [0.2, 0.25) is 12.7 Å². The number of imide groups is 1. The highest BCUT2D eigenvalue weighted by Gasteiger charge is 2.51. The molecule has 0 aliphatic carbocycles. The third kappa shape index (κ3) is 8.33. The number of amidine groups is 1. The highest BCUT2D eigenvalue weighted by molar-refractivity contribution is 8.14. The second-order valence-electron chi connectivity index (χ2n) is 11.5. The number of amides is 3. The first kappa shape index (κ1) is 34.5. The van der Waals surface area contributed by atoms with E-state index in [-0.39, 0.29) is 17.4 Å². The Morgan fingerprint density at radius 1 is 1.02 bits per heavy atom. The molecule has 0 aromatic carbocycles. The minimum Gasteiger partial charge on any atom is -0.445 e. The van der Waals surface area contributed by atoms with Gasteiger partial charge in [-0.05, 0) is 60.6 Å². The fraction of sp³-hybridized carbons (Fsp3) is 0.519. The lowest BCUT2D eigenvalue weighted by atomic mass is 9.89. The third-order valence-electron chi connectivity index (χ3n) is 5.57. The lowest BCUT2D eigenvalue weighted by Gasteiger charge is -2.39. The zero-order valence-electron chi connectivity index (χ0n) is 25.0. The Kier molecular flexibility index (Phi) is 10.4. The van der Waals surface area contributed by atoms with Crippen LogP contribution in [0.3, 0.4) is 0 Å². The van der Waals surface area contributed by atoms with E-state index in [1.54, 1.807) is 0 Å². The van der Waals surface area contributed by atoms with Crippen molar-refractivity contribution in [3.8, 4) is 5.88 Å². The van der Waals surface area contributed by atoms with Gasteiger partial charge in [0.15, 0.2) is 5.17 Å². The van der Waals surface area contributed by atoms with Crippen molar-refractivity contribution in [2.45, 2.75) is 76.6 Å². The Bertz CT molecular complexity index is 1390. The third-order valence-corrected chi connectivity index (χ3v) is 6.73. The summed E-state index contributed by atoms with van der Waals surface area (Å²) < 4.78 is 73.0. The van der Waals surface area contributed by atoms with Gasteiger partial charge >= 0.3 is 12.2 Å². The standard InChI is InChI=1S/C27H32F4N6O6S/c1-25(2,3)42-23(39)37(24(40)43-26(4,5)6)22-36-27(7,19(31)16(10-28)44-22)20-14(30)8-9-17(34-20)35-21(38)15-11-33-18(12-32-15)41-13-29/h8-9,11-12,16,19H,10,13H2,1-7H3,(H,34,35,38)/t16-,19+,27+/m1/s1. The number of carbonyl (C=O) groups excluding carboxylic acids is 3. The van der Waals surface area contributed by atoms with E-state index in [4.69, 9.17) is 9.47 Å². The van der Waals surface area contributed by atoms with Crippen molar-refractivity contribution in [2.24, 2.45) is 4.99 Å². The summed E-state index contributed by atoms with van der Waals surface area (Å²) in [7, 11) is 0. The molecule has 1 N–H and O–H groups in total. The van der Waals surface area contributed by atoms with E-state index in [1.165, 1.54) is 41.5 Å². The van der Waals surface area contributed by atoms with Gasteiger partial charge in [-0.15, -0.1) is 0 Å². The second-order valence-corrected chi connectivity index (χ2v) is 12.7. The van der Waals surface area contributed by atoms with Crippen molar-refractivity contribution < 1.29 is 46.2 Å². The molecule has 0 radical (unpaired) electrons. The molecule has 0 bridgehead atoms. The molecule has 0 unspecified atom stereocenters. The molecule has 0 saturated carbocycles. The molecular formula is C27H32F4N6O6S. The molecular weight excluding hydrogens is 612 g/mol. The lowest BCUT2D eigenvalue weighted by molar-refractivity contribution is 0.0148. The zero-order chi connectivity index (χ0) is 33.0. The SMILES string of the molecule is CC(C)(C)OC(=O)N(C(=O)OC(C)(C)C)C1=N[C@](C)(c2nc(NC(=O)c3cnc(OCF)cn3)ccc2F)[C@@H](F)[C@@H](CF)S1. The fourth-order valence-electron chi connectivity index (χ4n) is 3.70. The first-order valence-corrected chi connectivity index (χ1v) is 14.0. The Labute approximate surface area is 255 Å². The molecule has 0 spiro atoms. The summed E-state index contributed by atoms with van der Waals surface area (Å²) in [4.78, 5) is 55.2. The van der Waals surface area contributed by atoms with Crippen LogP contribution in [0.4, 0.5) is 33.0 Å². The number of anilines is 1. The van der Waals surface area contributed by atoms with Crippen molar-refractivity contribution in [3.63, 3.8) is 0 Å². The molecule has 17 heteroatoms. The molecule has 44 heavy (non-hydrogen) atoms. The normalized spacial score (nSPS) is 20.3. The second kappa shape index (κ2) is 13.3. The van der Waals surface area contributed by atoms with Crippen LogP contribution in [0.15, 0.2) is 29.5 Å². The molecule has 3 rings (SSSR count). The topological polar surface area (TPSA) is 145 Å². The molecule has 0 fully saturated rings. The maximum absolute atomic E-state index is 15.9. The number of nitrogens with zero attached hydrogens (tertiary/aromatic N) is 5. The summed E-state index contributed by atoms with van der Waals surface area (Å²) in [5, 5.41) is 0.263. The van der Waals surface area contributed by atoms with Crippen molar-refractivity contribution >= 4 is 40.8 Å². The molecule has 1 aliphatic heterocycles. The van der Waals surface area contributed by atoms with E-state index in [9.17, 15) is 23.2 Å². The Morgan fingerprint density at radius 3 is 2.14 bits per heavy atom. The average molecular weight is 645 g/mol. The van der Waals surface area contributed by atoms with Crippen LogP contribution in [0.5, 0.6) is 5.88 Å². The first-order chi connectivity index (χ1) is 20.4. The van der Waals surface area contributed by atoms with Crippen LogP contribution in [0.2, 0.25) is 0 Å². The van der Waals surface area contributed by atoms with Gasteiger partial charge in [0, 0.05) is 0 Å². The lowest BCUT2D eigenvalue weighted by Crippen LogP contribution is -2.52. The Hall–Kier alpha value is -4.02. The predicted octanol–water partition coefficient (Wildman–Crippen LogP) is 5.74. The molecule has 3 heterocycles. The Morgan fingerprint density at radius 2 is 1.64 bits per heavy atom. The predicted molar refractivity (Wildman–Crippen MR) is 152 cm³/mol. The van der Waals surface area contributed by atoms with Crippen LogP contribution in [-0.4, -0.2) is 79.3 Å². The highest BCUT2D eigenvalue weighted by Crippen LogP contribution is 2.43. The van der Waals surface area contributed by atoms with E-state index in [0.29, 0.717) is 16.7 Å². The van der Waals surface area contributed by atoms with Gasteiger partial charge < -0.3 is 19.5 Å². The van der Waals surface area contributed by atoms with E-state index < -0.39 is 76.5 Å². The number of ether oxygens (including phenoxy) is 3. The minimum absolute atomic E-state index is 0.175. The molecule has 0 saturated heterocycles.